The highest BCUT2D eigenvalue weighted by atomic mass is 35.5. The first kappa shape index (κ1) is 23.9. The van der Waals surface area contributed by atoms with Crippen LogP contribution in [0.25, 0.3) is 0 Å². The minimum Gasteiger partial charge on any atom is -0.489 e. The fourth-order valence-electron chi connectivity index (χ4n) is 3.60. The molecular weight excluding hydrogens is 406 g/mol. The summed E-state index contributed by atoms with van der Waals surface area (Å²) in [6.45, 7) is 7.18. The molecule has 6 heteroatoms. The van der Waals surface area contributed by atoms with Crippen LogP contribution in [0, 0.1) is 12.8 Å². The number of nitrogens with zero attached hydrogens (tertiary/aromatic N) is 1. The molecule has 1 atom stereocenters. The number of ketones is 1. The zero-order valence-corrected chi connectivity index (χ0v) is 18.9. The number of hydrogen-bond acceptors (Lipinski definition) is 5. The standard InChI is InChI=1S/C23H31NO3S.ClH/c1-17-10-12-24(13-11-17)14-20(25)15-27-22-18(2)16-28-23(22)21(26)9-8-19-6-4-3-5-7-19;/h3-7,16-17,20,25H,8-15H2,1-2H3;1H. The van der Waals surface area contributed by atoms with E-state index in [2.05, 4.69) is 11.8 Å². The number of halogens is 1. The molecule has 0 bridgehead atoms. The van der Waals surface area contributed by atoms with Gasteiger partial charge < -0.3 is 14.7 Å². The average Bonchev–Trinajstić information content (AvgIpc) is 3.07. The first-order chi connectivity index (χ1) is 13.5. The number of β-amino-alcohol motifs (C(OH)–C–C–N with tert-alkyl or cyclic N) is 1. The van der Waals surface area contributed by atoms with E-state index in [1.807, 2.05) is 42.6 Å². The van der Waals surface area contributed by atoms with E-state index in [-0.39, 0.29) is 24.8 Å². The molecule has 0 amide bonds. The fourth-order valence-corrected chi connectivity index (χ4v) is 4.56. The van der Waals surface area contributed by atoms with Crippen LogP contribution in [0.1, 0.15) is 47.0 Å². The summed E-state index contributed by atoms with van der Waals surface area (Å²) in [6, 6.07) is 10.1. The Labute approximate surface area is 184 Å². The molecule has 2 aromatic rings. The van der Waals surface area contributed by atoms with Crippen LogP contribution in [0.4, 0.5) is 0 Å². The van der Waals surface area contributed by atoms with Crippen LogP contribution in [0.15, 0.2) is 35.7 Å². The van der Waals surface area contributed by atoms with Crippen molar-refractivity contribution in [1.29, 1.82) is 0 Å². The van der Waals surface area contributed by atoms with Crippen molar-refractivity contribution in [3.8, 4) is 5.75 Å². The normalized spacial score (nSPS) is 16.2. The highest BCUT2D eigenvalue weighted by Gasteiger charge is 2.21. The van der Waals surface area contributed by atoms with Gasteiger partial charge in [0.15, 0.2) is 5.78 Å². The first-order valence-corrected chi connectivity index (χ1v) is 11.1. The maximum absolute atomic E-state index is 12.7. The maximum atomic E-state index is 12.7. The van der Waals surface area contributed by atoms with Crippen LogP contribution in [-0.2, 0) is 6.42 Å². The smallest absolute Gasteiger partial charge is 0.176 e. The van der Waals surface area contributed by atoms with E-state index in [9.17, 15) is 9.90 Å². The summed E-state index contributed by atoms with van der Waals surface area (Å²) in [4.78, 5) is 15.7. The third kappa shape index (κ3) is 7.10. The van der Waals surface area contributed by atoms with Crippen molar-refractivity contribution < 1.29 is 14.6 Å². The third-order valence-corrected chi connectivity index (χ3v) is 6.54. The predicted molar refractivity (Wildman–Crippen MR) is 122 cm³/mol. The van der Waals surface area contributed by atoms with Crippen molar-refractivity contribution in [2.45, 2.75) is 45.6 Å². The number of aryl methyl sites for hydroxylation is 2. The summed E-state index contributed by atoms with van der Waals surface area (Å²) < 4.78 is 5.92. The molecule has 1 aliphatic rings. The SMILES string of the molecule is Cc1csc(C(=O)CCc2ccccc2)c1OCC(O)CN1CCC(C)CC1.Cl. The quantitative estimate of drug-likeness (QED) is 0.574. The van der Waals surface area contributed by atoms with E-state index in [4.69, 9.17) is 4.74 Å². The number of hydrogen-bond donors (Lipinski definition) is 1. The highest BCUT2D eigenvalue weighted by Crippen LogP contribution is 2.31. The number of carbonyl (C=O) groups excluding carboxylic acids is 1. The van der Waals surface area contributed by atoms with Gasteiger partial charge in [-0.2, -0.15) is 0 Å². The Bertz CT molecular complexity index is 757. The number of thiophene rings is 1. The molecule has 0 radical (unpaired) electrons. The lowest BCUT2D eigenvalue weighted by molar-refractivity contribution is 0.0558. The lowest BCUT2D eigenvalue weighted by Gasteiger charge is -2.31. The molecule has 0 saturated carbocycles. The zero-order valence-electron chi connectivity index (χ0n) is 17.3. The Kier molecular flexibility index (Phi) is 9.63. The van der Waals surface area contributed by atoms with E-state index in [0.29, 0.717) is 23.6 Å². The summed E-state index contributed by atoms with van der Waals surface area (Å²) in [6.07, 6.45) is 3.04. The molecule has 29 heavy (non-hydrogen) atoms. The highest BCUT2D eigenvalue weighted by molar-refractivity contribution is 7.12. The van der Waals surface area contributed by atoms with Gasteiger partial charge in [-0.3, -0.25) is 4.79 Å². The second-order valence-electron chi connectivity index (χ2n) is 7.93. The minimum absolute atomic E-state index is 0. The van der Waals surface area contributed by atoms with Crippen molar-refractivity contribution in [3.05, 3.63) is 51.7 Å². The molecule has 1 unspecified atom stereocenters. The van der Waals surface area contributed by atoms with Gasteiger partial charge in [0.05, 0.1) is 0 Å². The van der Waals surface area contributed by atoms with Crippen molar-refractivity contribution in [1.82, 2.24) is 4.90 Å². The van der Waals surface area contributed by atoms with E-state index in [1.54, 1.807) is 0 Å². The van der Waals surface area contributed by atoms with Crippen molar-refractivity contribution in [2.24, 2.45) is 5.92 Å². The lowest BCUT2D eigenvalue weighted by Crippen LogP contribution is -2.40. The molecular formula is C23H32ClNO3S. The molecule has 1 fully saturated rings. The maximum Gasteiger partial charge on any atom is 0.176 e. The van der Waals surface area contributed by atoms with Crippen LogP contribution in [0.2, 0.25) is 0 Å². The number of ether oxygens (including phenoxy) is 1. The summed E-state index contributed by atoms with van der Waals surface area (Å²) in [5.74, 6) is 1.54. The average molecular weight is 438 g/mol. The van der Waals surface area contributed by atoms with E-state index >= 15 is 0 Å². The Morgan fingerprint density at radius 3 is 2.66 bits per heavy atom. The summed E-state index contributed by atoms with van der Waals surface area (Å²) >= 11 is 1.44. The number of aliphatic hydroxyl groups excluding tert-OH is 1. The van der Waals surface area contributed by atoms with Gasteiger partial charge in [-0.15, -0.1) is 23.7 Å². The topological polar surface area (TPSA) is 49.8 Å². The number of aliphatic hydroxyl groups is 1. The van der Waals surface area contributed by atoms with Crippen molar-refractivity contribution in [3.63, 3.8) is 0 Å². The van der Waals surface area contributed by atoms with Gasteiger partial charge in [0.1, 0.15) is 23.3 Å². The van der Waals surface area contributed by atoms with Crippen molar-refractivity contribution >= 4 is 29.5 Å². The molecule has 0 spiro atoms. The lowest BCUT2D eigenvalue weighted by atomic mass is 9.99. The molecule has 1 N–H and O–H groups in total. The van der Waals surface area contributed by atoms with Gasteiger partial charge in [0, 0.05) is 18.5 Å². The Morgan fingerprint density at radius 1 is 1.28 bits per heavy atom. The van der Waals surface area contributed by atoms with Crippen LogP contribution >= 0.6 is 23.7 Å². The van der Waals surface area contributed by atoms with E-state index in [0.717, 1.165) is 36.6 Å². The summed E-state index contributed by atoms with van der Waals surface area (Å²) in [7, 11) is 0. The molecule has 1 aliphatic heterocycles. The second kappa shape index (κ2) is 11.7. The van der Waals surface area contributed by atoms with Crippen LogP contribution in [-0.4, -0.2) is 48.1 Å². The molecule has 1 saturated heterocycles. The van der Waals surface area contributed by atoms with Gasteiger partial charge >= 0.3 is 0 Å². The first-order valence-electron chi connectivity index (χ1n) is 10.2. The van der Waals surface area contributed by atoms with Gasteiger partial charge in [-0.25, -0.2) is 0 Å². The molecule has 2 heterocycles. The van der Waals surface area contributed by atoms with Crippen LogP contribution in [0.3, 0.4) is 0 Å². The number of carbonyl (C=O) groups is 1. The molecule has 1 aromatic carbocycles. The number of likely N-dealkylation sites (tertiary alicyclic amines) is 1. The predicted octanol–water partition coefficient (Wildman–Crippen LogP) is 4.77. The van der Waals surface area contributed by atoms with E-state index < -0.39 is 6.10 Å². The molecule has 1 aromatic heterocycles. The second-order valence-corrected chi connectivity index (χ2v) is 8.81. The van der Waals surface area contributed by atoms with Gasteiger partial charge in [-0.1, -0.05) is 37.3 Å². The molecule has 0 aliphatic carbocycles. The monoisotopic (exact) mass is 437 g/mol. The zero-order chi connectivity index (χ0) is 19.9. The summed E-state index contributed by atoms with van der Waals surface area (Å²) in [5, 5.41) is 12.4. The van der Waals surface area contributed by atoms with Gasteiger partial charge in [0.2, 0.25) is 0 Å². The molecule has 4 nitrogen and oxygen atoms in total. The summed E-state index contributed by atoms with van der Waals surface area (Å²) in [5.41, 5.74) is 2.13. The Hall–Kier alpha value is -1.40. The van der Waals surface area contributed by atoms with Gasteiger partial charge in [-0.05, 0) is 56.1 Å². The Balaban J connectivity index is 0.00000300. The fraction of sp³-hybridized carbons (Fsp3) is 0.522. The van der Waals surface area contributed by atoms with Crippen molar-refractivity contribution in [2.75, 3.05) is 26.2 Å². The third-order valence-electron chi connectivity index (χ3n) is 5.42. The number of benzene rings is 1. The molecule has 3 rings (SSSR count). The van der Waals surface area contributed by atoms with Crippen LogP contribution in [0.5, 0.6) is 5.75 Å². The number of piperidine rings is 1. The largest absolute Gasteiger partial charge is 0.489 e. The van der Waals surface area contributed by atoms with E-state index in [1.165, 1.54) is 24.2 Å². The van der Waals surface area contributed by atoms with Gasteiger partial charge in [0.25, 0.3) is 0 Å². The molecule has 160 valence electrons. The Morgan fingerprint density at radius 2 is 1.97 bits per heavy atom. The minimum atomic E-state index is -0.542. The number of Topliss-reactive ketones (excluding diaryl/α,β-unsaturated/α-hetero) is 1. The van der Waals surface area contributed by atoms with Crippen LogP contribution < -0.4 is 4.74 Å². The number of rotatable bonds is 9.